The predicted octanol–water partition coefficient (Wildman–Crippen LogP) is -0.772. The molecule has 0 saturated heterocycles. The first-order valence-electron chi connectivity index (χ1n) is 4.37. The largest absolute Gasteiger partial charge is 0.481 e. The molecule has 0 rings (SSSR count). The first-order chi connectivity index (χ1) is 6.47. The van der Waals surface area contributed by atoms with Crippen LogP contribution in [-0.4, -0.2) is 34.7 Å². The molecular formula is C8H16N2O4. The Morgan fingerprint density at radius 1 is 1.21 bits per heavy atom. The summed E-state index contributed by atoms with van der Waals surface area (Å²) in [5, 5.41) is 17.0. The Hall–Kier alpha value is -1.14. The van der Waals surface area contributed by atoms with Crippen LogP contribution < -0.4 is 11.5 Å². The van der Waals surface area contributed by atoms with Gasteiger partial charge in [-0.3, -0.25) is 9.59 Å². The molecule has 0 heterocycles. The Labute approximate surface area is 81.9 Å². The zero-order valence-electron chi connectivity index (χ0n) is 7.85. The first kappa shape index (κ1) is 12.9. The lowest BCUT2D eigenvalue weighted by molar-refractivity contribution is -0.138. The molecule has 1 unspecified atom stereocenters. The van der Waals surface area contributed by atoms with Crippen molar-refractivity contribution in [2.75, 3.05) is 6.54 Å². The third-order valence-corrected chi connectivity index (χ3v) is 2.00. The Morgan fingerprint density at radius 3 is 2.14 bits per heavy atom. The molecule has 6 nitrogen and oxygen atoms in total. The van der Waals surface area contributed by atoms with Crippen molar-refractivity contribution in [1.82, 2.24) is 0 Å². The quantitative estimate of drug-likeness (QED) is 0.431. The molecule has 0 aliphatic carbocycles. The predicted molar refractivity (Wildman–Crippen MR) is 49.6 cm³/mol. The van der Waals surface area contributed by atoms with Gasteiger partial charge in [-0.25, -0.2) is 0 Å². The molecule has 0 aromatic carbocycles. The molecule has 0 aromatic rings. The van der Waals surface area contributed by atoms with E-state index in [2.05, 4.69) is 0 Å². The second kappa shape index (κ2) is 6.33. The highest BCUT2D eigenvalue weighted by molar-refractivity contribution is 5.73. The van der Waals surface area contributed by atoms with Crippen LogP contribution in [0.15, 0.2) is 0 Å². The summed E-state index contributed by atoms with van der Waals surface area (Å²) in [6.07, 6.45) is 0.642. The van der Waals surface area contributed by atoms with Crippen LogP contribution in [-0.2, 0) is 9.59 Å². The lowest BCUT2D eigenvalue weighted by atomic mass is 9.97. The Morgan fingerprint density at radius 2 is 1.79 bits per heavy atom. The molecule has 0 fully saturated rings. The van der Waals surface area contributed by atoms with Crippen LogP contribution in [0.3, 0.4) is 0 Å². The minimum atomic E-state index is -1.07. The fraction of sp³-hybridized carbons (Fsp3) is 0.750. The van der Waals surface area contributed by atoms with Crippen molar-refractivity contribution >= 4 is 11.9 Å². The molecule has 0 radical (unpaired) electrons. The Balaban J connectivity index is 3.83. The highest BCUT2D eigenvalue weighted by Crippen LogP contribution is 2.11. The third-order valence-electron chi connectivity index (χ3n) is 2.00. The fourth-order valence-electron chi connectivity index (χ4n) is 1.09. The highest BCUT2D eigenvalue weighted by atomic mass is 16.4. The van der Waals surface area contributed by atoms with E-state index in [0.717, 1.165) is 0 Å². The van der Waals surface area contributed by atoms with Gasteiger partial charge in [0.25, 0.3) is 0 Å². The lowest BCUT2D eigenvalue weighted by Gasteiger charge is -2.13. The molecule has 0 spiro atoms. The van der Waals surface area contributed by atoms with Gasteiger partial charge in [-0.2, -0.15) is 0 Å². The van der Waals surface area contributed by atoms with Crippen LogP contribution in [0, 0.1) is 5.92 Å². The van der Waals surface area contributed by atoms with Gasteiger partial charge in [-0.1, -0.05) is 0 Å². The van der Waals surface area contributed by atoms with Crippen LogP contribution in [0.1, 0.15) is 19.3 Å². The van der Waals surface area contributed by atoms with Gasteiger partial charge >= 0.3 is 11.9 Å². The van der Waals surface area contributed by atoms with Gasteiger partial charge in [0.05, 0.1) is 0 Å². The summed E-state index contributed by atoms with van der Waals surface area (Å²) in [6, 6.07) is -0.933. The highest BCUT2D eigenvalue weighted by Gasteiger charge is 2.16. The fourth-order valence-corrected chi connectivity index (χ4v) is 1.09. The van der Waals surface area contributed by atoms with E-state index < -0.39 is 18.0 Å². The molecule has 6 N–H and O–H groups in total. The smallest absolute Gasteiger partial charge is 0.320 e. The second-order valence-corrected chi connectivity index (χ2v) is 3.22. The number of rotatable bonds is 7. The van der Waals surface area contributed by atoms with Gasteiger partial charge in [0, 0.05) is 6.42 Å². The minimum Gasteiger partial charge on any atom is -0.481 e. The van der Waals surface area contributed by atoms with Crippen molar-refractivity contribution in [2.45, 2.75) is 25.3 Å². The van der Waals surface area contributed by atoms with Crippen molar-refractivity contribution in [3.8, 4) is 0 Å². The number of carboxylic acids is 2. The van der Waals surface area contributed by atoms with Crippen molar-refractivity contribution in [3.05, 3.63) is 0 Å². The standard InChI is InChI=1S/C8H16N2O4/c9-4-5(3-7(11)12)1-2-6(10)8(13)14/h5-6H,1-4,9-10H2,(H,11,12)(H,13,14)/t5?,6-/m0/s1. The van der Waals surface area contributed by atoms with E-state index in [0.29, 0.717) is 6.42 Å². The van der Waals surface area contributed by atoms with Crippen molar-refractivity contribution in [1.29, 1.82) is 0 Å². The lowest BCUT2D eigenvalue weighted by Crippen LogP contribution is -2.31. The summed E-state index contributed by atoms with van der Waals surface area (Å²) in [4.78, 5) is 20.7. The molecule has 0 saturated carbocycles. The minimum absolute atomic E-state index is 0.0389. The van der Waals surface area contributed by atoms with Crippen LogP contribution in [0.25, 0.3) is 0 Å². The van der Waals surface area contributed by atoms with E-state index in [1.54, 1.807) is 0 Å². The van der Waals surface area contributed by atoms with E-state index in [-0.39, 0.29) is 25.3 Å². The molecule has 2 atom stereocenters. The molecular weight excluding hydrogens is 188 g/mol. The Bertz CT molecular complexity index is 208. The monoisotopic (exact) mass is 204 g/mol. The third kappa shape index (κ3) is 5.50. The van der Waals surface area contributed by atoms with Gasteiger partial charge in [0.1, 0.15) is 6.04 Å². The maximum Gasteiger partial charge on any atom is 0.320 e. The van der Waals surface area contributed by atoms with Gasteiger partial charge < -0.3 is 21.7 Å². The molecule has 0 aliphatic heterocycles. The van der Waals surface area contributed by atoms with E-state index in [4.69, 9.17) is 21.7 Å². The maximum atomic E-state index is 10.3. The van der Waals surface area contributed by atoms with E-state index in [1.807, 2.05) is 0 Å². The van der Waals surface area contributed by atoms with Crippen LogP contribution in [0.5, 0.6) is 0 Å². The van der Waals surface area contributed by atoms with Crippen LogP contribution >= 0.6 is 0 Å². The molecule has 0 amide bonds. The first-order valence-corrected chi connectivity index (χ1v) is 4.37. The molecule has 82 valence electrons. The van der Waals surface area contributed by atoms with Gasteiger partial charge in [-0.15, -0.1) is 0 Å². The molecule has 0 aliphatic rings. The van der Waals surface area contributed by atoms with Gasteiger partial charge in [-0.05, 0) is 25.3 Å². The summed E-state index contributed by atoms with van der Waals surface area (Å²) in [5.74, 6) is -2.20. The SMILES string of the molecule is NCC(CC[C@H](N)C(=O)O)CC(=O)O. The van der Waals surface area contributed by atoms with Gasteiger partial charge in [0.15, 0.2) is 0 Å². The summed E-state index contributed by atoms with van der Waals surface area (Å²) in [6.45, 7) is 0.235. The normalized spacial score (nSPS) is 14.7. The molecule has 0 bridgehead atoms. The summed E-state index contributed by atoms with van der Waals surface area (Å²) in [7, 11) is 0. The van der Waals surface area contributed by atoms with E-state index >= 15 is 0 Å². The number of aliphatic carboxylic acids is 2. The van der Waals surface area contributed by atoms with Crippen molar-refractivity contribution < 1.29 is 19.8 Å². The average Bonchev–Trinajstić information content (AvgIpc) is 2.10. The molecule has 6 heteroatoms. The van der Waals surface area contributed by atoms with Crippen LogP contribution in [0.2, 0.25) is 0 Å². The van der Waals surface area contributed by atoms with Crippen molar-refractivity contribution in [3.63, 3.8) is 0 Å². The number of hydrogen-bond donors (Lipinski definition) is 4. The summed E-state index contributed by atoms with van der Waals surface area (Å²) < 4.78 is 0. The summed E-state index contributed by atoms with van der Waals surface area (Å²) >= 11 is 0. The number of carbonyl (C=O) groups is 2. The van der Waals surface area contributed by atoms with Gasteiger partial charge in [0.2, 0.25) is 0 Å². The second-order valence-electron chi connectivity index (χ2n) is 3.22. The van der Waals surface area contributed by atoms with E-state index in [1.165, 1.54) is 0 Å². The molecule has 14 heavy (non-hydrogen) atoms. The van der Waals surface area contributed by atoms with Crippen LogP contribution in [0.4, 0.5) is 0 Å². The zero-order valence-corrected chi connectivity index (χ0v) is 7.85. The number of carboxylic acid groups (broad SMARTS) is 2. The van der Waals surface area contributed by atoms with Crippen molar-refractivity contribution in [2.24, 2.45) is 17.4 Å². The topological polar surface area (TPSA) is 127 Å². The number of nitrogens with two attached hydrogens (primary N) is 2. The Kier molecular flexibility index (Phi) is 5.82. The maximum absolute atomic E-state index is 10.3. The average molecular weight is 204 g/mol. The summed E-state index contributed by atoms with van der Waals surface area (Å²) in [5.41, 5.74) is 10.6. The number of hydrogen-bond acceptors (Lipinski definition) is 4. The van der Waals surface area contributed by atoms with E-state index in [9.17, 15) is 9.59 Å². The zero-order chi connectivity index (χ0) is 11.1. The molecule has 0 aromatic heterocycles.